The number of carbonyl (C=O) groups excluding carboxylic acids is 1. The van der Waals surface area contributed by atoms with Crippen molar-refractivity contribution in [1.29, 1.82) is 0 Å². The van der Waals surface area contributed by atoms with Crippen LogP contribution in [0.1, 0.15) is 129 Å². The predicted octanol–water partition coefficient (Wildman–Crippen LogP) is 7.06. The van der Waals surface area contributed by atoms with Crippen molar-refractivity contribution >= 4 is 11.9 Å². The van der Waals surface area contributed by atoms with Crippen molar-refractivity contribution in [2.75, 3.05) is 13.7 Å². The highest BCUT2D eigenvalue weighted by Crippen LogP contribution is 2.12. The van der Waals surface area contributed by atoms with Gasteiger partial charge >= 0.3 is 11.9 Å². The van der Waals surface area contributed by atoms with Crippen LogP contribution >= 0.6 is 0 Å². The van der Waals surface area contributed by atoms with Gasteiger partial charge in [-0.2, -0.15) is 0 Å². The number of carbonyl (C=O) groups is 2. The molecule has 0 fully saturated rings. The lowest BCUT2D eigenvalue weighted by Crippen LogP contribution is -2.12. The molecule has 0 heterocycles. The molecule has 0 saturated carbocycles. The fraction of sp³-hybridized carbons (Fsp3) is 0.852. The van der Waals surface area contributed by atoms with E-state index in [0.717, 1.165) is 44.9 Å². The van der Waals surface area contributed by atoms with E-state index < -0.39 is 5.97 Å². The van der Waals surface area contributed by atoms with Gasteiger partial charge in [0.2, 0.25) is 0 Å². The van der Waals surface area contributed by atoms with Gasteiger partial charge in [0.25, 0.3) is 0 Å². The maximum absolute atomic E-state index is 11.1. The quantitative estimate of drug-likeness (QED) is 0.108. The Morgan fingerprint density at radius 1 is 0.781 bits per heavy atom. The van der Waals surface area contributed by atoms with Crippen molar-refractivity contribution in [2.24, 2.45) is 0 Å². The van der Waals surface area contributed by atoms with Crippen LogP contribution in [-0.2, 0) is 19.1 Å². The molecule has 5 heteroatoms. The molecule has 0 aliphatic heterocycles. The molecule has 0 aliphatic carbocycles. The third-order valence-electron chi connectivity index (χ3n) is 5.60. The maximum Gasteiger partial charge on any atom is 0.305 e. The summed E-state index contributed by atoms with van der Waals surface area (Å²) in [5.41, 5.74) is 0. The number of rotatable bonds is 22. The number of unbranched alkanes of at least 4 members (excludes halogenated alkanes) is 13. The highest BCUT2D eigenvalue weighted by molar-refractivity contribution is 5.69. The van der Waals surface area contributed by atoms with Gasteiger partial charge in [0, 0.05) is 25.9 Å². The third kappa shape index (κ3) is 23.1. The minimum Gasteiger partial charge on any atom is -0.481 e. The molecule has 0 aliphatic rings. The zero-order valence-electron chi connectivity index (χ0n) is 20.8. The van der Waals surface area contributed by atoms with Gasteiger partial charge < -0.3 is 14.6 Å². The molecule has 1 unspecified atom stereocenters. The summed E-state index contributed by atoms with van der Waals surface area (Å²) < 4.78 is 10.6. The molecule has 5 nitrogen and oxygen atoms in total. The second-order valence-electron chi connectivity index (χ2n) is 8.64. The fourth-order valence-electron chi connectivity index (χ4n) is 3.57. The first-order valence-corrected chi connectivity index (χ1v) is 13.0. The van der Waals surface area contributed by atoms with Gasteiger partial charge in [-0.1, -0.05) is 77.1 Å². The second-order valence-corrected chi connectivity index (χ2v) is 8.64. The van der Waals surface area contributed by atoms with Gasteiger partial charge in [0.05, 0.1) is 7.11 Å². The summed E-state index contributed by atoms with van der Waals surface area (Å²) in [5.74, 6) is 5.63. The van der Waals surface area contributed by atoms with Crippen LogP contribution in [0.5, 0.6) is 0 Å². The SMILES string of the molecule is CCCCCCCCCCCCC#CC(CCCCC(=O)O)OCCCCCC(=O)OC. The van der Waals surface area contributed by atoms with E-state index in [4.69, 9.17) is 9.84 Å². The van der Waals surface area contributed by atoms with Gasteiger partial charge in [-0.3, -0.25) is 9.59 Å². The number of ether oxygens (including phenoxy) is 2. The molecule has 0 rings (SSSR count). The van der Waals surface area contributed by atoms with Gasteiger partial charge in [0.15, 0.2) is 0 Å². The van der Waals surface area contributed by atoms with Gasteiger partial charge in [-0.25, -0.2) is 0 Å². The number of aliphatic carboxylic acids is 1. The normalized spacial score (nSPS) is 11.6. The summed E-state index contributed by atoms with van der Waals surface area (Å²) >= 11 is 0. The Balaban J connectivity index is 3.96. The molecule has 0 spiro atoms. The topological polar surface area (TPSA) is 72.8 Å². The van der Waals surface area contributed by atoms with E-state index in [9.17, 15) is 9.59 Å². The zero-order chi connectivity index (χ0) is 23.7. The van der Waals surface area contributed by atoms with Gasteiger partial charge in [-0.15, -0.1) is 5.92 Å². The molecule has 1 atom stereocenters. The molecule has 0 radical (unpaired) electrons. The van der Waals surface area contributed by atoms with Crippen molar-refractivity contribution in [1.82, 2.24) is 0 Å². The summed E-state index contributed by atoms with van der Waals surface area (Å²) in [4.78, 5) is 21.8. The predicted molar refractivity (Wildman–Crippen MR) is 131 cm³/mol. The maximum atomic E-state index is 11.1. The lowest BCUT2D eigenvalue weighted by Gasteiger charge is -2.12. The Morgan fingerprint density at radius 2 is 1.38 bits per heavy atom. The molecular formula is C27H48O5. The largest absolute Gasteiger partial charge is 0.481 e. The van der Waals surface area contributed by atoms with Crippen LogP contribution in [0.2, 0.25) is 0 Å². The van der Waals surface area contributed by atoms with Crippen molar-refractivity contribution in [3.63, 3.8) is 0 Å². The zero-order valence-corrected chi connectivity index (χ0v) is 20.8. The van der Waals surface area contributed by atoms with Crippen LogP contribution in [0.3, 0.4) is 0 Å². The lowest BCUT2D eigenvalue weighted by atomic mass is 10.1. The molecular weight excluding hydrogens is 404 g/mol. The summed E-state index contributed by atoms with van der Waals surface area (Å²) in [5, 5.41) is 8.79. The van der Waals surface area contributed by atoms with Crippen molar-refractivity contribution in [3.05, 3.63) is 0 Å². The van der Waals surface area contributed by atoms with Crippen molar-refractivity contribution in [2.45, 2.75) is 135 Å². The van der Waals surface area contributed by atoms with Crippen LogP contribution in [0.4, 0.5) is 0 Å². The molecule has 0 saturated heterocycles. The highest BCUT2D eigenvalue weighted by Gasteiger charge is 2.07. The van der Waals surface area contributed by atoms with E-state index in [1.54, 1.807) is 0 Å². The Labute approximate surface area is 197 Å². The highest BCUT2D eigenvalue weighted by atomic mass is 16.5. The Bertz CT molecular complexity index is 506. The summed E-state index contributed by atoms with van der Waals surface area (Å²) in [7, 11) is 1.41. The Morgan fingerprint density at radius 3 is 2.00 bits per heavy atom. The first-order valence-electron chi connectivity index (χ1n) is 13.0. The minimum atomic E-state index is -0.750. The average Bonchev–Trinajstić information content (AvgIpc) is 2.78. The smallest absolute Gasteiger partial charge is 0.305 e. The molecule has 0 aromatic rings. The average molecular weight is 453 g/mol. The van der Waals surface area contributed by atoms with Gasteiger partial charge in [-0.05, 0) is 38.5 Å². The van der Waals surface area contributed by atoms with Crippen LogP contribution < -0.4 is 0 Å². The summed E-state index contributed by atoms with van der Waals surface area (Å²) in [6, 6.07) is 0. The molecule has 186 valence electrons. The second kappa shape index (κ2) is 24.1. The van der Waals surface area contributed by atoms with E-state index in [0.29, 0.717) is 19.4 Å². The number of carboxylic acid groups (broad SMARTS) is 1. The molecule has 0 bridgehead atoms. The van der Waals surface area contributed by atoms with Crippen LogP contribution in [0.25, 0.3) is 0 Å². The first kappa shape index (κ1) is 30.5. The first-order chi connectivity index (χ1) is 15.6. The Kier molecular flexibility index (Phi) is 22.9. The van der Waals surface area contributed by atoms with E-state index in [1.165, 1.54) is 64.9 Å². The van der Waals surface area contributed by atoms with E-state index in [-0.39, 0.29) is 18.5 Å². The lowest BCUT2D eigenvalue weighted by molar-refractivity contribution is -0.141. The number of methoxy groups -OCH3 is 1. The number of carboxylic acids is 1. The minimum absolute atomic E-state index is 0.118. The van der Waals surface area contributed by atoms with Crippen molar-refractivity contribution < 1.29 is 24.2 Å². The van der Waals surface area contributed by atoms with E-state index in [1.807, 2.05) is 0 Å². The standard InChI is InChI=1S/C27H48O5/c1-3-4-5-6-7-8-9-10-11-12-13-15-20-25(21-17-18-22-26(28)29)32-24-19-14-16-23-27(30)31-2/h25H,3-14,16-19,21-24H2,1-2H3,(H,28,29). The summed E-state index contributed by atoms with van der Waals surface area (Å²) in [6.07, 6.45) is 19.5. The number of hydrogen-bond acceptors (Lipinski definition) is 4. The van der Waals surface area contributed by atoms with Crippen LogP contribution in [-0.4, -0.2) is 36.9 Å². The number of hydrogen-bond donors (Lipinski definition) is 1. The molecule has 0 amide bonds. The monoisotopic (exact) mass is 452 g/mol. The molecule has 1 N–H and O–H groups in total. The van der Waals surface area contributed by atoms with Crippen LogP contribution in [0, 0.1) is 11.8 Å². The van der Waals surface area contributed by atoms with E-state index >= 15 is 0 Å². The van der Waals surface area contributed by atoms with Crippen LogP contribution in [0.15, 0.2) is 0 Å². The van der Waals surface area contributed by atoms with E-state index in [2.05, 4.69) is 23.5 Å². The van der Waals surface area contributed by atoms with Crippen molar-refractivity contribution in [3.8, 4) is 11.8 Å². The van der Waals surface area contributed by atoms with Gasteiger partial charge in [0.1, 0.15) is 6.10 Å². The summed E-state index contributed by atoms with van der Waals surface area (Å²) in [6.45, 7) is 2.88. The third-order valence-corrected chi connectivity index (χ3v) is 5.60. The number of esters is 1. The molecule has 0 aromatic heterocycles. The Hall–Kier alpha value is -1.54. The molecule has 0 aromatic carbocycles. The fourth-order valence-corrected chi connectivity index (χ4v) is 3.57. The molecule has 32 heavy (non-hydrogen) atoms.